The summed E-state index contributed by atoms with van der Waals surface area (Å²) in [5, 5.41) is 3.36. The number of ether oxygens (including phenoxy) is 3. The molecule has 0 bridgehead atoms. The highest BCUT2D eigenvalue weighted by Crippen LogP contribution is 2.38. The van der Waals surface area contributed by atoms with Crippen LogP contribution in [0.2, 0.25) is 0 Å². The van der Waals surface area contributed by atoms with Gasteiger partial charge in [-0.15, -0.1) is 0 Å². The third kappa shape index (κ3) is 6.56. The molecule has 0 aromatic heterocycles. The van der Waals surface area contributed by atoms with E-state index in [0.29, 0.717) is 36.9 Å². The lowest BCUT2D eigenvalue weighted by Crippen LogP contribution is -2.42. The SMILES string of the molecule is COC(=O)c1cc(OCC2CCN(C(=O)OC(C)(C)C)CC2)cc(C2NC=C(C)S2)c1. The molecule has 3 rings (SSSR count). The lowest BCUT2D eigenvalue weighted by atomic mass is 9.98. The molecule has 8 heteroatoms. The molecule has 1 aromatic carbocycles. The number of hydrogen-bond acceptors (Lipinski definition) is 7. The standard InChI is InChI=1S/C23H32N2O5S/c1-15-13-24-20(31-15)17-10-18(21(26)28-5)12-19(11-17)29-14-16-6-8-25(9-7-16)22(27)30-23(2,3)4/h10-13,16,20,24H,6-9,14H2,1-5H3. The number of nitrogens with zero attached hydrogens (tertiary/aromatic N) is 1. The van der Waals surface area contributed by atoms with Gasteiger partial charge in [-0.05, 0) is 75.1 Å². The number of carbonyl (C=O) groups excluding carboxylic acids is 2. The van der Waals surface area contributed by atoms with E-state index in [1.165, 1.54) is 12.0 Å². The van der Waals surface area contributed by atoms with E-state index in [0.717, 1.165) is 18.4 Å². The van der Waals surface area contributed by atoms with Gasteiger partial charge in [-0.1, -0.05) is 11.8 Å². The first-order valence-electron chi connectivity index (χ1n) is 10.6. The van der Waals surface area contributed by atoms with Gasteiger partial charge >= 0.3 is 12.1 Å². The zero-order valence-corrected chi connectivity index (χ0v) is 19.7. The molecule has 0 aliphatic carbocycles. The van der Waals surface area contributed by atoms with Crippen LogP contribution in [0.25, 0.3) is 0 Å². The maximum absolute atomic E-state index is 12.2. The number of thioether (sulfide) groups is 1. The third-order valence-corrected chi connectivity index (χ3v) is 6.28. The van der Waals surface area contributed by atoms with Crippen molar-refractivity contribution in [3.63, 3.8) is 0 Å². The van der Waals surface area contributed by atoms with Crippen LogP contribution >= 0.6 is 11.8 Å². The van der Waals surface area contributed by atoms with Crippen molar-refractivity contribution in [3.8, 4) is 5.75 Å². The van der Waals surface area contributed by atoms with Crippen LogP contribution in [-0.2, 0) is 9.47 Å². The van der Waals surface area contributed by atoms with Gasteiger partial charge in [0.2, 0.25) is 0 Å². The minimum absolute atomic E-state index is 0.0454. The molecule has 1 atom stereocenters. The van der Waals surface area contributed by atoms with Gasteiger partial charge in [-0.25, -0.2) is 9.59 Å². The van der Waals surface area contributed by atoms with Crippen molar-refractivity contribution in [3.05, 3.63) is 40.4 Å². The summed E-state index contributed by atoms with van der Waals surface area (Å²) in [6.07, 6.45) is 3.42. The third-order valence-electron chi connectivity index (χ3n) is 5.15. The van der Waals surface area contributed by atoms with Gasteiger partial charge in [-0.2, -0.15) is 0 Å². The second-order valence-electron chi connectivity index (χ2n) is 8.92. The van der Waals surface area contributed by atoms with Gasteiger partial charge in [0, 0.05) is 19.3 Å². The van der Waals surface area contributed by atoms with Crippen LogP contribution in [0.15, 0.2) is 29.3 Å². The molecule has 1 fully saturated rings. The Morgan fingerprint density at radius 3 is 2.48 bits per heavy atom. The molecule has 2 aliphatic rings. The number of nitrogens with one attached hydrogen (secondary N) is 1. The normalized spacial score (nSPS) is 19.5. The number of allylic oxidation sites excluding steroid dienone is 1. The summed E-state index contributed by atoms with van der Waals surface area (Å²) >= 11 is 1.70. The number of methoxy groups -OCH3 is 1. The van der Waals surface area contributed by atoms with E-state index in [2.05, 4.69) is 5.32 Å². The van der Waals surface area contributed by atoms with Crippen LogP contribution in [0, 0.1) is 5.92 Å². The summed E-state index contributed by atoms with van der Waals surface area (Å²) in [6.45, 7) is 9.52. The maximum Gasteiger partial charge on any atom is 0.410 e. The van der Waals surface area contributed by atoms with Gasteiger partial charge in [0.1, 0.15) is 16.7 Å². The Hall–Kier alpha value is -2.35. The fourth-order valence-electron chi connectivity index (χ4n) is 3.53. The van der Waals surface area contributed by atoms with Gasteiger partial charge in [0.05, 0.1) is 19.3 Å². The Balaban J connectivity index is 1.59. The van der Waals surface area contributed by atoms with E-state index in [4.69, 9.17) is 14.2 Å². The molecule has 2 aliphatic heterocycles. The van der Waals surface area contributed by atoms with Crippen LogP contribution in [0.1, 0.15) is 61.8 Å². The molecule has 2 heterocycles. The zero-order chi connectivity index (χ0) is 22.6. The molecule has 1 amide bonds. The number of carbonyl (C=O) groups is 2. The number of hydrogen-bond donors (Lipinski definition) is 1. The lowest BCUT2D eigenvalue weighted by Gasteiger charge is -2.33. The van der Waals surface area contributed by atoms with E-state index < -0.39 is 5.60 Å². The smallest absolute Gasteiger partial charge is 0.410 e. The Morgan fingerprint density at radius 2 is 1.90 bits per heavy atom. The second-order valence-corrected chi connectivity index (χ2v) is 10.3. The van der Waals surface area contributed by atoms with E-state index >= 15 is 0 Å². The Labute approximate surface area is 188 Å². The predicted molar refractivity (Wildman–Crippen MR) is 121 cm³/mol. The predicted octanol–water partition coefficient (Wildman–Crippen LogP) is 4.70. The molecule has 7 nitrogen and oxygen atoms in total. The first-order chi connectivity index (χ1) is 14.6. The molecule has 0 radical (unpaired) electrons. The molecule has 0 saturated carbocycles. The van der Waals surface area contributed by atoms with Crippen LogP contribution in [0.5, 0.6) is 5.75 Å². The summed E-state index contributed by atoms with van der Waals surface area (Å²) in [4.78, 5) is 27.3. The van der Waals surface area contributed by atoms with E-state index in [-0.39, 0.29) is 17.4 Å². The van der Waals surface area contributed by atoms with Crippen molar-refractivity contribution in [2.75, 3.05) is 26.8 Å². The Kier molecular flexibility index (Phi) is 7.41. The molecule has 31 heavy (non-hydrogen) atoms. The number of likely N-dealkylation sites (tertiary alicyclic amines) is 1. The quantitative estimate of drug-likeness (QED) is 0.655. The Bertz CT molecular complexity index is 841. The van der Waals surface area contributed by atoms with Crippen molar-refractivity contribution in [2.24, 2.45) is 5.92 Å². The fraction of sp³-hybridized carbons (Fsp3) is 0.565. The van der Waals surface area contributed by atoms with Gasteiger partial charge in [-0.3, -0.25) is 0 Å². The summed E-state index contributed by atoms with van der Waals surface area (Å²) in [6, 6.07) is 5.54. The molecule has 1 N–H and O–H groups in total. The lowest BCUT2D eigenvalue weighted by molar-refractivity contribution is 0.0165. The first kappa shape index (κ1) is 23.3. The first-order valence-corrected chi connectivity index (χ1v) is 11.5. The van der Waals surface area contributed by atoms with Gasteiger partial charge < -0.3 is 24.4 Å². The number of benzene rings is 1. The second kappa shape index (κ2) is 9.85. The fourth-order valence-corrected chi connectivity index (χ4v) is 4.44. The van der Waals surface area contributed by atoms with Crippen molar-refractivity contribution < 1.29 is 23.8 Å². The summed E-state index contributed by atoms with van der Waals surface area (Å²) in [7, 11) is 1.38. The average molecular weight is 449 g/mol. The number of piperidine rings is 1. The largest absolute Gasteiger partial charge is 0.493 e. The number of amides is 1. The highest BCUT2D eigenvalue weighted by atomic mass is 32.2. The molecule has 1 unspecified atom stereocenters. The van der Waals surface area contributed by atoms with Crippen LogP contribution in [0.4, 0.5) is 4.79 Å². The van der Waals surface area contributed by atoms with Crippen LogP contribution in [-0.4, -0.2) is 49.4 Å². The Morgan fingerprint density at radius 1 is 1.19 bits per heavy atom. The molecule has 1 saturated heterocycles. The van der Waals surface area contributed by atoms with Crippen LogP contribution < -0.4 is 10.1 Å². The highest BCUT2D eigenvalue weighted by molar-refractivity contribution is 8.03. The van der Waals surface area contributed by atoms with Crippen molar-refractivity contribution in [1.82, 2.24) is 10.2 Å². The minimum atomic E-state index is -0.486. The minimum Gasteiger partial charge on any atom is -0.493 e. The molecule has 170 valence electrons. The van der Waals surface area contributed by atoms with Crippen molar-refractivity contribution in [1.29, 1.82) is 0 Å². The van der Waals surface area contributed by atoms with E-state index in [1.54, 1.807) is 22.7 Å². The number of esters is 1. The molecule has 0 spiro atoms. The van der Waals surface area contributed by atoms with Crippen LogP contribution in [0.3, 0.4) is 0 Å². The van der Waals surface area contributed by atoms with E-state index in [9.17, 15) is 9.59 Å². The monoisotopic (exact) mass is 448 g/mol. The van der Waals surface area contributed by atoms with Crippen molar-refractivity contribution >= 4 is 23.8 Å². The van der Waals surface area contributed by atoms with Crippen molar-refractivity contribution in [2.45, 2.75) is 51.5 Å². The molecule has 1 aromatic rings. The summed E-state index contributed by atoms with van der Waals surface area (Å²) < 4.78 is 16.5. The summed E-state index contributed by atoms with van der Waals surface area (Å²) in [5.74, 6) is 0.608. The van der Waals surface area contributed by atoms with Gasteiger partial charge in [0.15, 0.2) is 0 Å². The van der Waals surface area contributed by atoms with E-state index in [1.807, 2.05) is 46.0 Å². The zero-order valence-electron chi connectivity index (χ0n) is 18.9. The highest BCUT2D eigenvalue weighted by Gasteiger charge is 2.27. The topological polar surface area (TPSA) is 77.1 Å². The summed E-state index contributed by atoms with van der Waals surface area (Å²) in [5.41, 5.74) is 0.956. The maximum atomic E-state index is 12.2. The average Bonchev–Trinajstić information content (AvgIpc) is 3.17. The molecular formula is C23H32N2O5S. The molecular weight excluding hydrogens is 416 g/mol. The van der Waals surface area contributed by atoms with Gasteiger partial charge in [0.25, 0.3) is 0 Å². The number of rotatable bonds is 5.